The molecule has 0 aromatic heterocycles. The summed E-state index contributed by atoms with van der Waals surface area (Å²) >= 11 is 0. The standard InChI is InChI=1S/C19H37NO4/c1-5-6-7-8-9-10-11-12-13-14-15-16-17(20(22)23)18(21)24-19(2,3)4/h17H,5-16H2,1-4H3. The SMILES string of the molecule is CCCCCCCCCCCCCC(C(=O)OC(C)(C)C)[N+](=O)[O-]. The molecule has 0 saturated carbocycles. The zero-order chi connectivity index (χ0) is 18.4. The van der Waals surface area contributed by atoms with Gasteiger partial charge >= 0.3 is 12.0 Å². The molecule has 0 aliphatic carbocycles. The number of hydrogen-bond donors (Lipinski definition) is 0. The average molecular weight is 344 g/mol. The normalized spacial score (nSPS) is 12.8. The molecule has 24 heavy (non-hydrogen) atoms. The van der Waals surface area contributed by atoms with E-state index in [4.69, 9.17) is 4.74 Å². The van der Waals surface area contributed by atoms with Gasteiger partial charge in [0.15, 0.2) is 0 Å². The van der Waals surface area contributed by atoms with Crippen LogP contribution in [0.15, 0.2) is 0 Å². The summed E-state index contributed by atoms with van der Waals surface area (Å²) in [4.78, 5) is 22.4. The fourth-order valence-electron chi connectivity index (χ4n) is 2.68. The van der Waals surface area contributed by atoms with Crippen LogP contribution in [0.2, 0.25) is 0 Å². The predicted molar refractivity (Wildman–Crippen MR) is 97.7 cm³/mol. The molecule has 0 aromatic carbocycles. The number of esters is 1. The second kappa shape index (κ2) is 13.2. The Morgan fingerprint density at radius 3 is 1.71 bits per heavy atom. The maximum absolute atomic E-state index is 11.8. The van der Waals surface area contributed by atoms with Gasteiger partial charge in [0.25, 0.3) is 0 Å². The molecular weight excluding hydrogens is 306 g/mol. The summed E-state index contributed by atoms with van der Waals surface area (Å²) in [5.74, 6) is -0.709. The summed E-state index contributed by atoms with van der Waals surface area (Å²) in [7, 11) is 0. The zero-order valence-corrected chi connectivity index (χ0v) is 16.1. The highest BCUT2D eigenvalue weighted by Crippen LogP contribution is 2.16. The van der Waals surface area contributed by atoms with Crippen LogP contribution in [0.5, 0.6) is 0 Å². The van der Waals surface area contributed by atoms with Crippen LogP contribution in [-0.2, 0) is 9.53 Å². The third-order valence-corrected chi connectivity index (χ3v) is 4.01. The van der Waals surface area contributed by atoms with Crippen molar-refractivity contribution in [3.8, 4) is 0 Å². The summed E-state index contributed by atoms with van der Waals surface area (Å²) in [6.45, 7) is 7.41. The van der Waals surface area contributed by atoms with E-state index >= 15 is 0 Å². The molecule has 142 valence electrons. The van der Waals surface area contributed by atoms with Gasteiger partial charge in [-0.1, -0.05) is 71.1 Å². The largest absolute Gasteiger partial charge is 0.455 e. The molecule has 0 radical (unpaired) electrons. The number of carbonyl (C=O) groups is 1. The molecular formula is C19H37NO4. The first-order chi connectivity index (χ1) is 11.3. The lowest BCUT2D eigenvalue weighted by Crippen LogP contribution is -2.36. The van der Waals surface area contributed by atoms with Gasteiger partial charge in [0.1, 0.15) is 5.60 Å². The number of nitro groups is 1. The maximum atomic E-state index is 11.8. The van der Waals surface area contributed by atoms with E-state index in [1.54, 1.807) is 20.8 Å². The molecule has 0 fully saturated rings. The fourth-order valence-corrected chi connectivity index (χ4v) is 2.68. The maximum Gasteiger partial charge on any atom is 0.382 e. The van der Waals surface area contributed by atoms with Gasteiger partial charge in [0, 0.05) is 11.3 Å². The van der Waals surface area contributed by atoms with Gasteiger partial charge < -0.3 is 4.74 Å². The van der Waals surface area contributed by atoms with Gasteiger partial charge in [-0.2, -0.15) is 0 Å². The minimum atomic E-state index is -1.22. The smallest absolute Gasteiger partial charge is 0.382 e. The molecule has 0 spiro atoms. The van der Waals surface area contributed by atoms with Crippen molar-refractivity contribution in [2.45, 2.75) is 116 Å². The molecule has 0 N–H and O–H groups in total. The lowest BCUT2D eigenvalue weighted by molar-refractivity contribution is -0.512. The zero-order valence-electron chi connectivity index (χ0n) is 16.1. The molecule has 0 bridgehead atoms. The van der Waals surface area contributed by atoms with E-state index in [0.29, 0.717) is 6.42 Å². The second-order valence-corrected chi connectivity index (χ2v) is 7.66. The van der Waals surface area contributed by atoms with Crippen LogP contribution in [-0.4, -0.2) is 22.5 Å². The topological polar surface area (TPSA) is 69.4 Å². The molecule has 1 unspecified atom stereocenters. The van der Waals surface area contributed by atoms with Gasteiger partial charge in [-0.3, -0.25) is 10.1 Å². The second-order valence-electron chi connectivity index (χ2n) is 7.66. The Labute approximate surface area is 147 Å². The van der Waals surface area contributed by atoms with Crippen LogP contribution >= 0.6 is 0 Å². The summed E-state index contributed by atoms with van der Waals surface area (Å²) in [5, 5.41) is 11.0. The molecule has 0 aliphatic heterocycles. The van der Waals surface area contributed by atoms with Crippen molar-refractivity contribution in [3.05, 3.63) is 10.1 Å². The van der Waals surface area contributed by atoms with Gasteiger partial charge in [0.05, 0.1) is 0 Å². The Morgan fingerprint density at radius 2 is 1.33 bits per heavy atom. The number of hydrogen-bond acceptors (Lipinski definition) is 4. The lowest BCUT2D eigenvalue weighted by Gasteiger charge is -2.20. The highest BCUT2D eigenvalue weighted by molar-refractivity contribution is 5.74. The Bertz CT molecular complexity index is 350. The van der Waals surface area contributed by atoms with Crippen LogP contribution in [0.25, 0.3) is 0 Å². The molecule has 1 atom stereocenters. The van der Waals surface area contributed by atoms with Crippen LogP contribution in [0, 0.1) is 10.1 Å². The molecule has 0 heterocycles. The Morgan fingerprint density at radius 1 is 0.917 bits per heavy atom. The summed E-state index contributed by atoms with van der Waals surface area (Å²) < 4.78 is 5.13. The first-order valence-electron chi connectivity index (χ1n) is 9.64. The summed E-state index contributed by atoms with van der Waals surface area (Å²) in [6, 6.07) is -1.22. The summed E-state index contributed by atoms with van der Waals surface area (Å²) in [5.41, 5.74) is -0.678. The third kappa shape index (κ3) is 13.3. The fraction of sp³-hybridized carbons (Fsp3) is 0.947. The quantitative estimate of drug-likeness (QED) is 0.176. The Kier molecular flexibility index (Phi) is 12.6. The van der Waals surface area contributed by atoms with Crippen LogP contribution in [0.4, 0.5) is 0 Å². The van der Waals surface area contributed by atoms with Crippen molar-refractivity contribution in [1.29, 1.82) is 0 Å². The monoisotopic (exact) mass is 343 g/mol. The van der Waals surface area contributed by atoms with Crippen molar-refractivity contribution in [2.24, 2.45) is 0 Å². The van der Waals surface area contributed by atoms with Crippen LogP contribution < -0.4 is 0 Å². The van der Waals surface area contributed by atoms with Gasteiger partial charge in [0.2, 0.25) is 0 Å². The average Bonchev–Trinajstić information content (AvgIpc) is 2.46. The van der Waals surface area contributed by atoms with Crippen molar-refractivity contribution >= 4 is 5.97 Å². The van der Waals surface area contributed by atoms with E-state index in [1.165, 1.54) is 51.4 Å². The van der Waals surface area contributed by atoms with Crippen LogP contribution in [0.3, 0.4) is 0 Å². The highest BCUT2D eigenvalue weighted by atomic mass is 16.6. The van der Waals surface area contributed by atoms with Gasteiger partial charge in [-0.15, -0.1) is 0 Å². The third-order valence-electron chi connectivity index (χ3n) is 4.01. The minimum absolute atomic E-state index is 0.277. The highest BCUT2D eigenvalue weighted by Gasteiger charge is 2.33. The molecule has 0 aliphatic rings. The van der Waals surface area contributed by atoms with Crippen molar-refractivity contribution in [1.82, 2.24) is 0 Å². The number of carbonyl (C=O) groups excluding carboxylic acids is 1. The predicted octanol–water partition coefficient (Wildman–Crippen LogP) is 5.67. The minimum Gasteiger partial charge on any atom is -0.455 e. The first kappa shape index (κ1) is 22.9. The van der Waals surface area contributed by atoms with E-state index in [-0.39, 0.29) is 6.42 Å². The summed E-state index contributed by atoms with van der Waals surface area (Å²) in [6.07, 6.45) is 13.4. The number of rotatable bonds is 14. The van der Waals surface area contributed by atoms with Crippen molar-refractivity contribution < 1.29 is 14.5 Å². The Hall–Kier alpha value is -1.13. The molecule has 5 heteroatoms. The molecule has 0 aromatic rings. The molecule has 5 nitrogen and oxygen atoms in total. The van der Waals surface area contributed by atoms with Crippen molar-refractivity contribution in [3.63, 3.8) is 0 Å². The van der Waals surface area contributed by atoms with E-state index in [9.17, 15) is 14.9 Å². The number of ether oxygens (including phenoxy) is 1. The van der Waals surface area contributed by atoms with E-state index < -0.39 is 22.5 Å². The number of nitrogens with zero attached hydrogens (tertiary/aromatic N) is 1. The van der Waals surface area contributed by atoms with E-state index in [2.05, 4.69) is 6.92 Å². The van der Waals surface area contributed by atoms with Gasteiger partial charge in [-0.05, 0) is 27.2 Å². The Balaban J connectivity index is 3.72. The van der Waals surface area contributed by atoms with Gasteiger partial charge in [-0.25, -0.2) is 4.79 Å². The van der Waals surface area contributed by atoms with E-state index in [1.807, 2.05) is 0 Å². The molecule has 0 rings (SSSR count). The van der Waals surface area contributed by atoms with Crippen molar-refractivity contribution in [2.75, 3.05) is 0 Å². The first-order valence-corrected chi connectivity index (χ1v) is 9.64. The van der Waals surface area contributed by atoms with E-state index in [0.717, 1.165) is 12.8 Å². The lowest BCUT2D eigenvalue weighted by atomic mass is 10.0. The molecule has 0 amide bonds. The number of unbranched alkanes of at least 4 members (excludes halogenated alkanes) is 10. The van der Waals surface area contributed by atoms with Crippen LogP contribution in [0.1, 0.15) is 105 Å². The molecule has 0 saturated heterocycles.